The van der Waals surface area contributed by atoms with Crippen LogP contribution in [-0.4, -0.2) is 11.4 Å². The lowest BCUT2D eigenvalue weighted by Gasteiger charge is -2.36. The number of nitrogens with one attached hydrogen (secondary N) is 1. The predicted molar refractivity (Wildman–Crippen MR) is 68.1 cm³/mol. The fourth-order valence-corrected chi connectivity index (χ4v) is 1.79. The molecule has 0 heterocycles. The van der Waals surface area contributed by atoms with Gasteiger partial charge in [-0.05, 0) is 37.5 Å². The molecule has 17 heavy (non-hydrogen) atoms. The minimum Gasteiger partial charge on any atom is -0.324 e. The van der Waals surface area contributed by atoms with Crippen LogP contribution in [0.15, 0.2) is 18.2 Å². The molecular formula is C11H13Cl2FN2O. The molecule has 0 aromatic heterocycles. The minimum atomic E-state index is -0.763. The topological polar surface area (TPSA) is 55.1 Å². The van der Waals surface area contributed by atoms with Crippen LogP contribution in [0.25, 0.3) is 0 Å². The Kier molecular flexibility index (Phi) is 4.36. The Balaban J connectivity index is 0.00000144. The summed E-state index contributed by atoms with van der Waals surface area (Å²) in [7, 11) is 0. The molecule has 94 valence electrons. The molecule has 1 saturated carbocycles. The van der Waals surface area contributed by atoms with E-state index in [1.807, 2.05) is 0 Å². The number of halogens is 3. The first-order valence-corrected chi connectivity index (χ1v) is 5.44. The number of amides is 1. The van der Waals surface area contributed by atoms with E-state index >= 15 is 0 Å². The van der Waals surface area contributed by atoms with Crippen molar-refractivity contribution >= 4 is 35.6 Å². The van der Waals surface area contributed by atoms with E-state index in [-0.39, 0.29) is 23.3 Å². The van der Waals surface area contributed by atoms with Crippen molar-refractivity contribution < 1.29 is 9.18 Å². The van der Waals surface area contributed by atoms with E-state index in [0.717, 1.165) is 6.42 Å². The van der Waals surface area contributed by atoms with Gasteiger partial charge in [0.15, 0.2) is 0 Å². The summed E-state index contributed by atoms with van der Waals surface area (Å²) in [6.45, 7) is 0. The van der Waals surface area contributed by atoms with Crippen molar-refractivity contribution in [3.63, 3.8) is 0 Å². The van der Waals surface area contributed by atoms with Gasteiger partial charge in [-0.3, -0.25) is 4.79 Å². The number of hydrogen-bond acceptors (Lipinski definition) is 2. The Morgan fingerprint density at radius 1 is 1.47 bits per heavy atom. The van der Waals surface area contributed by atoms with E-state index in [1.54, 1.807) is 0 Å². The van der Waals surface area contributed by atoms with E-state index in [0.29, 0.717) is 18.5 Å². The maximum absolute atomic E-state index is 12.9. The lowest BCUT2D eigenvalue weighted by molar-refractivity contribution is -0.123. The van der Waals surface area contributed by atoms with Crippen molar-refractivity contribution in [2.24, 2.45) is 5.73 Å². The highest BCUT2D eigenvalue weighted by atomic mass is 35.5. The van der Waals surface area contributed by atoms with Crippen LogP contribution >= 0.6 is 24.0 Å². The molecule has 0 bridgehead atoms. The second-order valence-corrected chi connectivity index (χ2v) is 4.50. The van der Waals surface area contributed by atoms with Crippen molar-refractivity contribution in [2.75, 3.05) is 5.32 Å². The van der Waals surface area contributed by atoms with Gasteiger partial charge in [-0.2, -0.15) is 0 Å². The molecule has 1 fully saturated rings. The van der Waals surface area contributed by atoms with Gasteiger partial charge in [0.1, 0.15) is 5.82 Å². The van der Waals surface area contributed by atoms with Gasteiger partial charge >= 0.3 is 0 Å². The zero-order valence-corrected chi connectivity index (χ0v) is 10.6. The first-order chi connectivity index (χ1) is 7.51. The molecule has 3 N–H and O–H groups in total. The normalized spacial score (nSPS) is 16.6. The summed E-state index contributed by atoms with van der Waals surface area (Å²) in [6, 6.07) is 4.04. The third-order valence-corrected chi connectivity index (χ3v) is 3.17. The summed E-state index contributed by atoms with van der Waals surface area (Å²) in [5.74, 6) is -0.743. The number of rotatable bonds is 2. The van der Waals surface area contributed by atoms with Crippen LogP contribution in [0.4, 0.5) is 10.1 Å². The zero-order chi connectivity index (χ0) is 11.8. The van der Waals surface area contributed by atoms with Crippen LogP contribution in [0, 0.1) is 5.82 Å². The van der Waals surface area contributed by atoms with Crippen molar-refractivity contribution in [3.05, 3.63) is 29.0 Å². The van der Waals surface area contributed by atoms with Gasteiger partial charge in [0.2, 0.25) is 5.91 Å². The molecule has 0 aliphatic heterocycles. The summed E-state index contributed by atoms with van der Waals surface area (Å²) in [6.07, 6.45) is 2.34. The summed E-state index contributed by atoms with van der Waals surface area (Å²) in [5, 5.41) is 2.62. The summed E-state index contributed by atoms with van der Waals surface area (Å²) in [4.78, 5) is 11.7. The van der Waals surface area contributed by atoms with Crippen molar-refractivity contribution in [2.45, 2.75) is 24.8 Å². The molecule has 1 aliphatic carbocycles. The second kappa shape index (κ2) is 5.21. The fourth-order valence-electron chi connectivity index (χ4n) is 1.61. The van der Waals surface area contributed by atoms with Crippen LogP contribution in [-0.2, 0) is 4.79 Å². The number of carbonyl (C=O) groups excluding carboxylic acids is 1. The predicted octanol–water partition coefficient (Wildman–Crippen LogP) is 2.72. The zero-order valence-electron chi connectivity index (χ0n) is 9.00. The first kappa shape index (κ1) is 14.2. The van der Waals surface area contributed by atoms with Crippen molar-refractivity contribution in [1.29, 1.82) is 0 Å². The number of nitrogens with two attached hydrogens (primary N) is 1. The summed E-state index contributed by atoms with van der Waals surface area (Å²) >= 11 is 5.60. The van der Waals surface area contributed by atoms with Gasteiger partial charge in [0.05, 0.1) is 10.6 Å². The van der Waals surface area contributed by atoms with Crippen LogP contribution < -0.4 is 11.1 Å². The van der Waals surface area contributed by atoms with Crippen LogP contribution in [0.2, 0.25) is 5.02 Å². The van der Waals surface area contributed by atoms with E-state index in [2.05, 4.69) is 5.32 Å². The molecule has 0 atom stereocenters. The summed E-state index contributed by atoms with van der Waals surface area (Å²) < 4.78 is 12.9. The SMILES string of the molecule is Cl.NC1(C(=O)Nc2ccc(F)c(Cl)c2)CCC1. The van der Waals surface area contributed by atoms with Gasteiger partial charge in [-0.25, -0.2) is 4.39 Å². The second-order valence-electron chi connectivity index (χ2n) is 4.09. The Hall–Kier alpha value is -0.840. The van der Waals surface area contributed by atoms with E-state index < -0.39 is 11.4 Å². The van der Waals surface area contributed by atoms with Gasteiger partial charge in [-0.15, -0.1) is 12.4 Å². The lowest BCUT2D eigenvalue weighted by atomic mass is 9.77. The van der Waals surface area contributed by atoms with Gasteiger partial charge in [-0.1, -0.05) is 11.6 Å². The molecule has 1 amide bonds. The highest BCUT2D eigenvalue weighted by Crippen LogP contribution is 2.30. The molecule has 0 unspecified atom stereocenters. The molecule has 0 saturated heterocycles. The van der Waals surface area contributed by atoms with Gasteiger partial charge < -0.3 is 11.1 Å². The smallest absolute Gasteiger partial charge is 0.244 e. The van der Waals surface area contributed by atoms with E-state index in [4.69, 9.17) is 17.3 Å². The summed E-state index contributed by atoms with van der Waals surface area (Å²) in [5.41, 5.74) is 5.55. The molecule has 3 nitrogen and oxygen atoms in total. The highest BCUT2D eigenvalue weighted by Gasteiger charge is 2.40. The van der Waals surface area contributed by atoms with E-state index in [9.17, 15) is 9.18 Å². The largest absolute Gasteiger partial charge is 0.324 e. The maximum atomic E-state index is 12.9. The van der Waals surface area contributed by atoms with Gasteiger partial charge in [0.25, 0.3) is 0 Å². The molecule has 1 aromatic rings. The Morgan fingerprint density at radius 2 is 2.12 bits per heavy atom. The lowest BCUT2D eigenvalue weighted by Crippen LogP contribution is -2.56. The molecular weight excluding hydrogens is 266 g/mol. The van der Waals surface area contributed by atoms with Crippen molar-refractivity contribution in [3.8, 4) is 0 Å². The van der Waals surface area contributed by atoms with Crippen LogP contribution in [0.1, 0.15) is 19.3 Å². The average Bonchev–Trinajstić information content (AvgIpc) is 2.20. The third kappa shape index (κ3) is 2.89. The molecule has 2 rings (SSSR count). The highest BCUT2D eigenvalue weighted by molar-refractivity contribution is 6.31. The molecule has 0 spiro atoms. The molecule has 1 aromatic carbocycles. The quantitative estimate of drug-likeness (QED) is 0.874. The monoisotopic (exact) mass is 278 g/mol. The molecule has 6 heteroatoms. The standard InChI is InChI=1S/C11H12ClFN2O.ClH/c12-8-6-7(2-3-9(8)13)15-10(16)11(14)4-1-5-11;/h2-3,6H,1,4-5,14H2,(H,15,16);1H. The number of anilines is 1. The minimum absolute atomic E-state index is 0. The maximum Gasteiger partial charge on any atom is 0.244 e. The van der Waals surface area contributed by atoms with E-state index in [1.165, 1.54) is 18.2 Å². The molecule has 1 aliphatic rings. The van der Waals surface area contributed by atoms with Crippen molar-refractivity contribution in [1.82, 2.24) is 0 Å². The fraction of sp³-hybridized carbons (Fsp3) is 0.364. The van der Waals surface area contributed by atoms with Crippen LogP contribution in [0.5, 0.6) is 0 Å². The average molecular weight is 279 g/mol. The van der Waals surface area contributed by atoms with Crippen LogP contribution in [0.3, 0.4) is 0 Å². The Bertz CT molecular complexity index is 435. The first-order valence-electron chi connectivity index (χ1n) is 5.07. The Morgan fingerprint density at radius 3 is 2.59 bits per heavy atom. The third-order valence-electron chi connectivity index (χ3n) is 2.88. The number of benzene rings is 1. The van der Waals surface area contributed by atoms with Gasteiger partial charge in [0, 0.05) is 5.69 Å². The number of carbonyl (C=O) groups is 1. The Labute approximate surface area is 110 Å². The number of hydrogen-bond donors (Lipinski definition) is 2. The molecule has 0 radical (unpaired) electrons.